The minimum atomic E-state index is -0.0860. The third kappa shape index (κ3) is 3.12. The fraction of sp³-hybridized carbons (Fsp3) is 0.368. The Labute approximate surface area is 146 Å². The maximum Gasteiger partial charge on any atom is 0.256 e. The van der Waals surface area contributed by atoms with E-state index in [2.05, 4.69) is 20.4 Å². The molecule has 3 aromatic rings. The minimum absolute atomic E-state index is 0.0860. The highest BCUT2D eigenvalue weighted by Gasteiger charge is 2.21. The van der Waals surface area contributed by atoms with E-state index in [4.69, 9.17) is 0 Å². The molecule has 1 N–H and O–H groups in total. The van der Waals surface area contributed by atoms with Gasteiger partial charge in [0, 0.05) is 29.7 Å². The zero-order valence-corrected chi connectivity index (χ0v) is 14.3. The Morgan fingerprint density at radius 3 is 2.84 bits per heavy atom. The molecule has 3 aromatic heterocycles. The largest absolute Gasteiger partial charge is 0.349 e. The number of rotatable bonds is 3. The Balaban J connectivity index is 1.69. The normalized spacial score (nSPS) is 15.4. The monoisotopic (exact) mass is 335 g/mol. The predicted molar refractivity (Wildman–Crippen MR) is 95.3 cm³/mol. The van der Waals surface area contributed by atoms with Crippen LogP contribution >= 0.6 is 0 Å². The first kappa shape index (κ1) is 15.7. The SMILES string of the molecule is Cc1cc(-c2cccnc2)nc2c(C(=O)NC3CCCCC3)cnn12. The van der Waals surface area contributed by atoms with Crippen molar-refractivity contribution in [1.82, 2.24) is 24.9 Å². The predicted octanol–water partition coefficient (Wildman–Crippen LogP) is 3.16. The van der Waals surface area contributed by atoms with Crippen molar-refractivity contribution in [2.45, 2.75) is 45.1 Å². The molecule has 128 valence electrons. The topological polar surface area (TPSA) is 72.2 Å². The lowest BCUT2D eigenvalue weighted by Gasteiger charge is -2.22. The molecule has 6 nitrogen and oxygen atoms in total. The average molecular weight is 335 g/mol. The molecule has 0 aromatic carbocycles. The Hall–Kier alpha value is -2.76. The summed E-state index contributed by atoms with van der Waals surface area (Å²) in [6.07, 6.45) is 10.9. The summed E-state index contributed by atoms with van der Waals surface area (Å²) in [7, 11) is 0. The average Bonchev–Trinajstić information content (AvgIpc) is 3.08. The molecule has 1 amide bonds. The fourth-order valence-electron chi connectivity index (χ4n) is 3.45. The molecule has 1 saturated carbocycles. The van der Waals surface area contributed by atoms with Crippen LogP contribution in [-0.4, -0.2) is 31.5 Å². The van der Waals surface area contributed by atoms with E-state index in [9.17, 15) is 4.79 Å². The van der Waals surface area contributed by atoms with Gasteiger partial charge in [-0.05, 0) is 38.0 Å². The van der Waals surface area contributed by atoms with Gasteiger partial charge in [0.1, 0.15) is 5.56 Å². The van der Waals surface area contributed by atoms with Crippen molar-refractivity contribution in [3.05, 3.63) is 48.0 Å². The van der Waals surface area contributed by atoms with E-state index in [1.807, 2.05) is 25.1 Å². The summed E-state index contributed by atoms with van der Waals surface area (Å²) in [4.78, 5) is 21.6. The highest BCUT2D eigenvalue weighted by molar-refractivity contribution is 6.00. The van der Waals surface area contributed by atoms with Crippen LogP contribution in [-0.2, 0) is 0 Å². The molecule has 1 fully saturated rings. The number of aryl methyl sites for hydroxylation is 1. The Morgan fingerprint density at radius 1 is 1.24 bits per heavy atom. The second-order valence-electron chi connectivity index (χ2n) is 6.63. The lowest BCUT2D eigenvalue weighted by molar-refractivity contribution is 0.0929. The van der Waals surface area contributed by atoms with Gasteiger partial charge in [0.15, 0.2) is 5.65 Å². The van der Waals surface area contributed by atoms with Gasteiger partial charge in [-0.25, -0.2) is 9.50 Å². The molecule has 0 unspecified atom stereocenters. The summed E-state index contributed by atoms with van der Waals surface area (Å²) in [5, 5.41) is 7.49. The van der Waals surface area contributed by atoms with Crippen LogP contribution in [0.4, 0.5) is 0 Å². The van der Waals surface area contributed by atoms with Crippen LogP contribution in [0.3, 0.4) is 0 Å². The molecule has 0 atom stereocenters. The van der Waals surface area contributed by atoms with Gasteiger partial charge in [-0.2, -0.15) is 5.10 Å². The molecule has 1 aliphatic rings. The number of amides is 1. The van der Waals surface area contributed by atoms with E-state index in [-0.39, 0.29) is 11.9 Å². The number of hydrogen-bond acceptors (Lipinski definition) is 4. The van der Waals surface area contributed by atoms with Gasteiger partial charge in [-0.1, -0.05) is 19.3 Å². The third-order valence-electron chi connectivity index (χ3n) is 4.79. The Kier molecular flexibility index (Phi) is 4.17. The summed E-state index contributed by atoms with van der Waals surface area (Å²) >= 11 is 0. The van der Waals surface area contributed by atoms with Crippen molar-refractivity contribution in [3.63, 3.8) is 0 Å². The highest BCUT2D eigenvalue weighted by Crippen LogP contribution is 2.21. The molecular weight excluding hydrogens is 314 g/mol. The van der Waals surface area contributed by atoms with Gasteiger partial charge in [0.05, 0.1) is 11.9 Å². The van der Waals surface area contributed by atoms with Crippen molar-refractivity contribution in [2.24, 2.45) is 0 Å². The van der Waals surface area contributed by atoms with Crippen molar-refractivity contribution in [2.75, 3.05) is 0 Å². The fourth-order valence-corrected chi connectivity index (χ4v) is 3.45. The highest BCUT2D eigenvalue weighted by atomic mass is 16.1. The Morgan fingerprint density at radius 2 is 2.08 bits per heavy atom. The smallest absolute Gasteiger partial charge is 0.256 e. The van der Waals surface area contributed by atoms with E-state index in [1.165, 1.54) is 19.3 Å². The molecule has 0 saturated heterocycles. The summed E-state index contributed by atoms with van der Waals surface area (Å²) in [6.45, 7) is 1.96. The second kappa shape index (κ2) is 6.63. The van der Waals surface area contributed by atoms with Crippen LogP contribution in [0.2, 0.25) is 0 Å². The second-order valence-corrected chi connectivity index (χ2v) is 6.63. The van der Waals surface area contributed by atoms with Crippen molar-refractivity contribution >= 4 is 11.6 Å². The van der Waals surface area contributed by atoms with E-state index in [0.29, 0.717) is 11.2 Å². The van der Waals surface area contributed by atoms with Gasteiger partial charge in [0.2, 0.25) is 0 Å². The zero-order valence-electron chi connectivity index (χ0n) is 14.3. The van der Waals surface area contributed by atoms with E-state index < -0.39 is 0 Å². The van der Waals surface area contributed by atoms with Crippen LogP contribution in [0.1, 0.15) is 48.2 Å². The molecule has 6 heteroatoms. The number of fused-ring (bicyclic) bond motifs is 1. The first-order valence-corrected chi connectivity index (χ1v) is 8.79. The first-order valence-electron chi connectivity index (χ1n) is 8.79. The minimum Gasteiger partial charge on any atom is -0.349 e. The van der Waals surface area contributed by atoms with Crippen molar-refractivity contribution in [1.29, 1.82) is 0 Å². The van der Waals surface area contributed by atoms with Crippen LogP contribution in [0.15, 0.2) is 36.8 Å². The number of aromatic nitrogens is 4. The number of nitrogens with one attached hydrogen (secondary N) is 1. The zero-order chi connectivity index (χ0) is 17.2. The molecule has 0 spiro atoms. The molecule has 0 aliphatic heterocycles. The summed E-state index contributed by atoms with van der Waals surface area (Å²) in [5.41, 5.74) is 3.77. The van der Waals surface area contributed by atoms with E-state index >= 15 is 0 Å². The van der Waals surface area contributed by atoms with Gasteiger partial charge in [0.25, 0.3) is 5.91 Å². The molecular formula is C19H21N5O. The van der Waals surface area contributed by atoms with Gasteiger partial charge in [-0.15, -0.1) is 0 Å². The van der Waals surface area contributed by atoms with Crippen LogP contribution in [0.25, 0.3) is 16.9 Å². The summed E-state index contributed by atoms with van der Waals surface area (Å²) in [6, 6.07) is 6.06. The molecule has 25 heavy (non-hydrogen) atoms. The molecule has 1 aliphatic carbocycles. The molecule has 3 heterocycles. The molecule has 0 radical (unpaired) electrons. The maximum absolute atomic E-state index is 12.7. The lowest BCUT2D eigenvalue weighted by Crippen LogP contribution is -2.36. The number of carbonyl (C=O) groups excluding carboxylic acids is 1. The summed E-state index contributed by atoms with van der Waals surface area (Å²) in [5.74, 6) is -0.0860. The van der Waals surface area contributed by atoms with Crippen molar-refractivity contribution in [3.8, 4) is 11.3 Å². The van der Waals surface area contributed by atoms with Crippen LogP contribution < -0.4 is 5.32 Å². The number of nitrogens with zero attached hydrogens (tertiary/aromatic N) is 4. The standard InChI is InChI=1S/C19H21N5O/c1-13-10-17(14-6-5-9-20-11-14)23-18-16(12-21-24(13)18)19(25)22-15-7-3-2-4-8-15/h5-6,9-12,15H,2-4,7-8H2,1H3,(H,22,25). The van der Waals surface area contributed by atoms with Crippen LogP contribution in [0.5, 0.6) is 0 Å². The van der Waals surface area contributed by atoms with Gasteiger partial charge < -0.3 is 5.32 Å². The first-order chi connectivity index (χ1) is 12.2. The van der Waals surface area contributed by atoms with E-state index in [0.717, 1.165) is 29.8 Å². The quantitative estimate of drug-likeness (QED) is 0.798. The Bertz CT molecular complexity index is 897. The summed E-state index contributed by atoms with van der Waals surface area (Å²) < 4.78 is 1.72. The third-order valence-corrected chi connectivity index (χ3v) is 4.79. The lowest BCUT2D eigenvalue weighted by atomic mass is 9.95. The van der Waals surface area contributed by atoms with Crippen LogP contribution in [0, 0.1) is 6.92 Å². The van der Waals surface area contributed by atoms with Crippen molar-refractivity contribution < 1.29 is 4.79 Å². The molecule has 0 bridgehead atoms. The number of carbonyl (C=O) groups is 1. The van der Waals surface area contributed by atoms with Gasteiger partial charge >= 0.3 is 0 Å². The number of pyridine rings is 1. The van der Waals surface area contributed by atoms with E-state index in [1.54, 1.807) is 23.1 Å². The maximum atomic E-state index is 12.7. The molecule has 4 rings (SSSR count). The van der Waals surface area contributed by atoms with Gasteiger partial charge in [-0.3, -0.25) is 9.78 Å². The number of hydrogen-bond donors (Lipinski definition) is 1.